The molecule has 2 aliphatic heterocycles. The lowest BCUT2D eigenvalue weighted by Gasteiger charge is -2.46. The van der Waals surface area contributed by atoms with Gasteiger partial charge >= 0.3 is 6.03 Å². The summed E-state index contributed by atoms with van der Waals surface area (Å²) in [5.41, 5.74) is 0.392. The molecule has 140 valence electrons. The van der Waals surface area contributed by atoms with E-state index in [-0.39, 0.29) is 18.2 Å². The number of amides is 2. The number of urea groups is 1. The summed E-state index contributed by atoms with van der Waals surface area (Å²) in [5.74, 6) is -0.579. The third-order valence-electron chi connectivity index (χ3n) is 4.98. The molecule has 0 radical (unpaired) electrons. The van der Waals surface area contributed by atoms with Crippen LogP contribution in [0.3, 0.4) is 0 Å². The zero-order chi connectivity index (χ0) is 19.0. The van der Waals surface area contributed by atoms with Crippen molar-refractivity contribution in [3.05, 3.63) is 65.7 Å². The number of nitrogens with zero attached hydrogens (tertiary/aromatic N) is 3. The molecule has 2 aromatic rings. The van der Waals surface area contributed by atoms with Gasteiger partial charge in [-0.25, -0.2) is 18.6 Å². The molecule has 0 saturated carbocycles. The Balaban J connectivity index is 1.44. The average Bonchev–Trinajstić information content (AvgIpc) is 3.14. The topological polar surface area (TPSA) is 45.1 Å². The van der Waals surface area contributed by atoms with Crippen LogP contribution in [0.15, 0.2) is 53.6 Å². The Morgan fingerprint density at radius 1 is 1.15 bits per heavy atom. The molecule has 1 saturated heterocycles. The van der Waals surface area contributed by atoms with Gasteiger partial charge in [-0.15, -0.1) is 0 Å². The maximum Gasteiger partial charge on any atom is 0.341 e. The number of ether oxygens (including phenoxy) is 1. The van der Waals surface area contributed by atoms with E-state index in [1.807, 2.05) is 37.3 Å². The minimum Gasteiger partial charge on any atom is -0.486 e. The van der Waals surface area contributed by atoms with E-state index < -0.39 is 17.7 Å². The molecule has 2 aliphatic rings. The third-order valence-corrected chi connectivity index (χ3v) is 4.98. The van der Waals surface area contributed by atoms with Gasteiger partial charge in [-0.05, 0) is 36.8 Å². The number of hydrogen-bond donors (Lipinski definition) is 0. The molecule has 0 aromatic heterocycles. The number of rotatable bonds is 3. The first-order valence-electron chi connectivity index (χ1n) is 8.83. The lowest BCUT2D eigenvalue weighted by molar-refractivity contribution is -0.0197. The molecule has 1 unspecified atom stereocenters. The molecule has 0 bridgehead atoms. The molecule has 0 N–H and O–H groups in total. The van der Waals surface area contributed by atoms with Crippen LogP contribution in [-0.4, -0.2) is 40.8 Å². The van der Waals surface area contributed by atoms with Crippen molar-refractivity contribution in [3.8, 4) is 5.75 Å². The molecular weight excluding hydrogens is 352 g/mol. The number of hydrogen-bond acceptors (Lipinski definition) is 3. The highest BCUT2D eigenvalue weighted by Crippen LogP contribution is 2.33. The van der Waals surface area contributed by atoms with E-state index >= 15 is 0 Å². The van der Waals surface area contributed by atoms with Crippen LogP contribution >= 0.6 is 0 Å². The summed E-state index contributed by atoms with van der Waals surface area (Å²) in [5, 5.41) is 5.43. The standard InChI is InChI=1S/C20H19F2N3O2/c1-13-19(27-17-5-3-2-4-6-17)12-24(13)20(26)25-18(7-8-23-25)14-9-15(21)11-16(22)10-14/h2-6,8-11,13,18-19H,7,12H2,1H3/t13-,18-,19?/m0/s1. The molecule has 7 heteroatoms. The Bertz CT molecular complexity index is 855. The van der Waals surface area contributed by atoms with Crippen molar-refractivity contribution >= 4 is 12.2 Å². The Kier molecular flexibility index (Phi) is 4.51. The number of halogens is 2. The van der Waals surface area contributed by atoms with Gasteiger partial charge in [0.05, 0.1) is 18.6 Å². The van der Waals surface area contributed by atoms with Gasteiger partial charge in [0.15, 0.2) is 0 Å². The van der Waals surface area contributed by atoms with Crippen LogP contribution in [0.4, 0.5) is 13.6 Å². The molecule has 2 amide bonds. The highest BCUT2D eigenvalue weighted by molar-refractivity contribution is 5.79. The second-order valence-corrected chi connectivity index (χ2v) is 6.74. The first kappa shape index (κ1) is 17.5. The predicted octanol–water partition coefficient (Wildman–Crippen LogP) is 3.97. The van der Waals surface area contributed by atoms with E-state index in [0.29, 0.717) is 18.5 Å². The Morgan fingerprint density at radius 2 is 1.85 bits per heavy atom. The predicted molar refractivity (Wildman–Crippen MR) is 96.5 cm³/mol. The number of likely N-dealkylation sites (tertiary alicyclic amines) is 1. The Hall–Kier alpha value is -2.96. The van der Waals surface area contributed by atoms with Crippen LogP contribution in [0.5, 0.6) is 5.75 Å². The summed E-state index contributed by atoms with van der Waals surface area (Å²) in [6.45, 7) is 2.34. The molecule has 27 heavy (non-hydrogen) atoms. The Labute approximate surface area is 155 Å². The molecule has 3 atom stereocenters. The van der Waals surface area contributed by atoms with Crippen molar-refractivity contribution in [2.45, 2.75) is 31.5 Å². The van der Waals surface area contributed by atoms with Crippen molar-refractivity contribution in [1.82, 2.24) is 9.91 Å². The van der Waals surface area contributed by atoms with Gasteiger partial charge in [0, 0.05) is 18.7 Å². The van der Waals surface area contributed by atoms with E-state index in [1.54, 1.807) is 11.1 Å². The maximum atomic E-state index is 13.6. The van der Waals surface area contributed by atoms with Gasteiger partial charge < -0.3 is 9.64 Å². The number of para-hydroxylation sites is 1. The molecule has 0 spiro atoms. The zero-order valence-electron chi connectivity index (χ0n) is 14.8. The summed E-state index contributed by atoms with van der Waals surface area (Å²) < 4.78 is 33.0. The van der Waals surface area contributed by atoms with Gasteiger partial charge in [0.1, 0.15) is 23.5 Å². The van der Waals surface area contributed by atoms with E-state index in [1.165, 1.54) is 17.1 Å². The number of hydrazone groups is 1. The largest absolute Gasteiger partial charge is 0.486 e. The average molecular weight is 371 g/mol. The Morgan fingerprint density at radius 3 is 2.52 bits per heavy atom. The van der Waals surface area contributed by atoms with E-state index in [9.17, 15) is 13.6 Å². The molecule has 2 aromatic carbocycles. The second kappa shape index (κ2) is 6.98. The van der Waals surface area contributed by atoms with Crippen molar-refractivity contribution in [2.24, 2.45) is 5.10 Å². The quantitative estimate of drug-likeness (QED) is 0.820. The fraction of sp³-hybridized carbons (Fsp3) is 0.300. The minimum absolute atomic E-state index is 0.104. The van der Waals surface area contributed by atoms with Crippen molar-refractivity contribution in [2.75, 3.05) is 6.54 Å². The van der Waals surface area contributed by atoms with Crippen molar-refractivity contribution in [3.63, 3.8) is 0 Å². The first-order valence-corrected chi connectivity index (χ1v) is 8.83. The van der Waals surface area contributed by atoms with Gasteiger partial charge in [-0.1, -0.05) is 18.2 Å². The van der Waals surface area contributed by atoms with Crippen LogP contribution in [0.2, 0.25) is 0 Å². The summed E-state index contributed by atoms with van der Waals surface area (Å²) in [4.78, 5) is 14.5. The summed E-state index contributed by atoms with van der Waals surface area (Å²) in [6, 6.07) is 11.8. The molecular formula is C20H19F2N3O2. The SMILES string of the molecule is C[C@H]1C(Oc2ccccc2)CN1C(=O)N1N=CC[C@H]1c1cc(F)cc(F)c1. The molecule has 2 heterocycles. The fourth-order valence-corrected chi connectivity index (χ4v) is 3.41. The number of carbonyl (C=O) groups is 1. The van der Waals surface area contributed by atoms with E-state index in [4.69, 9.17) is 4.74 Å². The lowest BCUT2D eigenvalue weighted by Crippen LogP contribution is -2.64. The molecule has 5 nitrogen and oxygen atoms in total. The first-order chi connectivity index (χ1) is 13.0. The third kappa shape index (κ3) is 3.37. The highest BCUT2D eigenvalue weighted by atomic mass is 19.1. The molecule has 4 rings (SSSR count). The highest BCUT2D eigenvalue weighted by Gasteiger charge is 2.44. The van der Waals surface area contributed by atoms with Crippen molar-refractivity contribution < 1.29 is 18.3 Å². The number of benzene rings is 2. The fourth-order valence-electron chi connectivity index (χ4n) is 3.41. The van der Waals surface area contributed by atoms with Gasteiger partial charge in [0.2, 0.25) is 0 Å². The summed E-state index contributed by atoms with van der Waals surface area (Å²) in [7, 11) is 0. The zero-order valence-corrected chi connectivity index (χ0v) is 14.8. The number of carbonyl (C=O) groups excluding carboxylic acids is 1. The van der Waals surface area contributed by atoms with Crippen LogP contribution < -0.4 is 4.74 Å². The molecule has 0 aliphatic carbocycles. The van der Waals surface area contributed by atoms with Crippen LogP contribution in [-0.2, 0) is 0 Å². The minimum atomic E-state index is -0.669. The summed E-state index contributed by atoms with van der Waals surface area (Å²) in [6.07, 6.45) is 1.90. The van der Waals surface area contributed by atoms with Gasteiger partial charge in [-0.2, -0.15) is 5.10 Å². The normalized spacial score (nSPS) is 24.0. The van der Waals surface area contributed by atoms with E-state index in [0.717, 1.165) is 11.8 Å². The van der Waals surface area contributed by atoms with Crippen LogP contribution in [0.25, 0.3) is 0 Å². The lowest BCUT2D eigenvalue weighted by atomic mass is 10.0. The van der Waals surface area contributed by atoms with Crippen LogP contribution in [0, 0.1) is 11.6 Å². The monoisotopic (exact) mass is 371 g/mol. The summed E-state index contributed by atoms with van der Waals surface area (Å²) >= 11 is 0. The second-order valence-electron chi connectivity index (χ2n) is 6.74. The van der Waals surface area contributed by atoms with E-state index in [2.05, 4.69) is 5.10 Å². The van der Waals surface area contributed by atoms with Crippen LogP contribution in [0.1, 0.15) is 24.9 Å². The molecule has 1 fully saturated rings. The van der Waals surface area contributed by atoms with Crippen molar-refractivity contribution in [1.29, 1.82) is 0 Å². The van der Waals surface area contributed by atoms with Gasteiger partial charge in [-0.3, -0.25) is 0 Å². The smallest absolute Gasteiger partial charge is 0.341 e. The van der Waals surface area contributed by atoms with Gasteiger partial charge in [0.25, 0.3) is 0 Å². The maximum absolute atomic E-state index is 13.6.